The average molecular weight is 246 g/mol. The molecule has 0 radical (unpaired) electrons. The van der Waals surface area contributed by atoms with Crippen LogP contribution in [0.1, 0.15) is 25.8 Å². The summed E-state index contributed by atoms with van der Waals surface area (Å²) in [4.78, 5) is 12.0. The zero-order valence-electron chi connectivity index (χ0n) is 11.2. The third kappa shape index (κ3) is 3.10. The normalized spacial score (nSPS) is 19.8. The van der Waals surface area contributed by atoms with E-state index in [1.54, 1.807) is 0 Å². The van der Waals surface area contributed by atoms with Gasteiger partial charge in [-0.15, -0.1) is 0 Å². The van der Waals surface area contributed by atoms with E-state index in [-0.39, 0.29) is 17.2 Å². The Morgan fingerprint density at radius 3 is 2.72 bits per heavy atom. The van der Waals surface area contributed by atoms with Crippen LogP contribution in [-0.4, -0.2) is 25.5 Å². The monoisotopic (exact) mass is 246 g/mol. The quantitative estimate of drug-likeness (QED) is 0.849. The van der Waals surface area contributed by atoms with Gasteiger partial charge < -0.3 is 10.6 Å². The molecule has 1 amide bonds. The number of carbonyl (C=O) groups is 1. The van der Waals surface area contributed by atoms with Crippen molar-refractivity contribution >= 4 is 5.91 Å². The molecule has 0 aromatic heterocycles. The van der Waals surface area contributed by atoms with Gasteiger partial charge in [-0.3, -0.25) is 4.79 Å². The molecule has 1 aliphatic rings. The van der Waals surface area contributed by atoms with Crippen molar-refractivity contribution in [3.05, 3.63) is 35.9 Å². The van der Waals surface area contributed by atoms with Gasteiger partial charge in [0, 0.05) is 18.5 Å². The number of rotatable bonds is 4. The zero-order chi connectivity index (χ0) is 13.0. The van der Waals surface area contributed by atoms with Crippen LogP contribution in [0.5, 0.6) is 0 Å². The summed E-state index contributed by atoms with van der Waals surface area (Å²) in [5.41, 5.74) is 1.23. The van der Waals surface area contributed by atoms with Crippen molar-refractivity contribution in [2.24, 2.45) is 5.92 Å². The first-order chi connectivity index (χ1) is 8.59. The van der Waals surface area contributed by atoms with E-state index >= 15 is 0 Å². The average Bonchev–Trinajstić information content (AvgIpc) is 2.91. The highest BCUT2D eigenvalue weighted by Gasteiger charge is 2.25. The predicted octanol–water partition coefficient (Wildman–Crippen LogP) is 1.69. The summed E-state index contributed by atoms with van der Waals surface area (Å²) in [7, 11) is 0. The molecule has 1 atom stereocenters. The van der Waals surface area contributed by atoms with Gasteiger partial charge in [0.2, 0.25) is 5.91 Å². The topological polar surface area (TPSA) is 41.1 Å². The molecular formula is C15H22N2O. The molecule has 3 heteroatoms. The fourth-order valence-electron chi connectivity index (χ4n) is 2.32. The molecule has 1 aliphatic heterocycles. The van der Waals surface area contributed by atoms with Gasteiger partial charge >= 0.3 is 0 Å². The maximum atomic E-state index is 12.0. The van der Waals surface area contributed by atoms with E-state index < -0.39 is 0 Å². The summed E-state index contributed by atoms with van der Waals surface area (Å²) in [6.45, 7) is 6.79. The number of nitrogens with one attached hydrogen (secondary N) is 2. The Hall–Kier alpha value is -1.35. The molecule has 98 valence electrons. The SMILES string of the molecule is CC(C)(CNC(=O)C1CCNC1)c1ccccc1. The number of carbonyl (C=O) groups excluding carboxylic acids is 1. The molecule has 1 unspecified atom stereocenters. The van der Waals surface area contributed by atoms with Crippen LogP contribution in [0.4, 0.5) is 0 Å². The number of amides is 1. The highest BCUT2D eigenvalue weighted by Crippen LogP contribution is 2.22. The second kappa shape index (κ2) is 5.53. The number of hydrogen-bond acceptors (Lipinski definition) is 2. The van der Waals surface area contributed by atoms with Crippen LogP contribution >= 0.6 is 0 Å². The van der Waals surface area contributed by atoms with Crippen molar-refractivity contribution < 1.29 is 4.79 Å². The van der Waals surface area contributed by atoms with E-state index in [0.29, 0.717) is 6.54 Å². The van der Waals surface area contributed by atoms with Crippen molar-refractivity contribution in [3.63, 3.8) is 0 Å². The van der Waals surface area contributed by atoms with Gasteiger partial charge in [0.25, 0.3) is 0 Å². The molecule has 1 aromatic carbocycles. The fourth-order valence-corrected chi connectivity index (χ4v) is 2.32. The lowest BCUT2D eigenvalue weighted by Crippen LogP contribution is -2.40. The standard InChI is InChI=1S/C15H22N2O/c1-15(2,13-6-4-3-5-7-13)11-17-14(18)12-8-9-16-10-12/h3-7,12,16H,8-11H2,1-2H3,(H,17,18). The lowest BCUT2D eigenvalue weighted by Gasteiger charge is -2.26. The van der Waals surface area contributed by atoms with Crippen LogP contribution in [-0.2, 0) is 10.2 Å². The van der Waals surface area contributed by atoms with E-state index in [4.69, 9.17) is 0 Å². The fraction of sp³-hybridized carbons (Fsp3) is 0.533. The van der Waals surface area contributed by atoms with Crippen LogP contribution in [0.2, 0.25) is 0 Å². The van der Waals surface area contributed by atoms with E-state index in [0.717, 1.165) is 19.5 Å². The van der Waals surface area contributed by atoms with Crippen LogP contribution in [0.3, 0.4) is 0 Å². The van der Waals surface area contributed by atoms with Gasteiger partial charge in [-0.2, -0.15) is 0 Å². The summed E-state index contributed by atoms with van der Waals surface area (Å²) in [6, 6.07) is 10.3. The maximum Gasteiger partial charge on any atom is 0.224 e. The van der Waals surface area contributed by atoms with Gasteiger partial charge in [0.15, 0.2) is 0 Å². The second-order valence-electron chi connectivity index (χ2n) is 5.66. The Kier molecular flexibility index (Phi) is 4.02. The Labute approximate surface area is 109 Å². The molecule has 2 rings (SSSR count). The van der Waals surface area contributed by atoms with Gasteiger partial charge in [-0.25, -0.2) is 0 Å². The van der Waals surface area contributed by atoms with E-state index in [2.05, 4.69) is 36.6 Å². The molecule has 0 saturated carbocycles. The Balaban J connectivity index is 1.90. The lowest BCUT2D eigenvalue weighted by atomic mass is 9.84. The van der Waals surface area contributed by atoms with Crippen molar-refractivity contribution in [2.45, 2.75) is 25.7 Å². The predicted molar refractivity (Wildman–Crippen MR) is 73.5 cm³/mol. The third-order valence-corrected chi connectivity index (χ3v) is 3.69. The van der Waals surface area contributed by atoms with Crippen LogP contribution in [0.25, 0.3) is 0 Å². The number of hydrogen-bond donors (Lipinski definition) is 2. The van der Waals surface area contributed by atoms with E-state index in [1.165, 1.54) is 5.56 Å². The largest absolute Gasteiger partial charge is 0.355 e. The Morgan fingerprint density at radius 1 is 1.39 bits per heavy atom. The van der Waals surface area contributed by atoms with Gasteiger partial charge in [0.05, 0.1) is 5.92 Å². The van der Waals surface area contributed by atoms with Crippen LogP contribution < -0.4 is 10.6 Å². The molecule has 3 nitrogen and oxygen atoms in total. The smallest absolute Gasteiger partial charge is 0.224 e. The van der Waals surface area contributed by atoms with E-state index in [9.17, 15) is 4.79 Å². The summed E-state index contributed by atoms with van der Waals surface area (Å²) >= 11 is 0. The minimum atomic E-state index is -0.0248. The van der Waals surface area contributed by atoms with Crippen molar-refractivity contribution in [1.82, 2.24) is 10.6 Å². The van der Waals surface area contributed by atoms with Crippen LogP contribution in [0, 0.1) is 5.92 Å². The van der Waals surface area contributed by atoms with Gasteiger partial charge in [-0.1, -0.05) is 44.2 Å². The molecule has 2 N–H and O–H groups in total. The summed E-state index contributed by atoms with van der Waals surface area (Å²) in [5, 5.41) is 6.31. The molecule has 18 heavy (non-hydrogen) atoms. The minimum absolute atomic E-state index is 0.0248. The molecule has 0 spiro atoms. The van der Waals surface area contributed by atoms with Gasteiger partial charge in [-0.05, 0) is 18.5 Å². The lowest BCUT2D eigenvalue weighted by molar-refractivity contribution is -0.124. The summed E-state index contributed by atoms with van der Waals surface area (Å²) in [5.74, 6) is 0.334. The van der Waals surface area contributed by atoms with Crippen LogP contribution in [0.15, 0.2) is 30.3 Å². The molecule has 0 aliphatic carbocycles. The molecule has 1 saturated heterocycles. The molecular weight excluding hydrogens is 224 g/mol. The third-order valence-electron chi connectivity index (χ3n) is 3.69. The van der Waals surface area contributed by atoms with Gasteiger partial charge in [0.1, 0.15) is 0 Å². The van der Waals surface area contributed by atoms with Crippen molar-refractivity contribution in [2.75, 3.05) is 19.6 Å². The first-order valence-corrected chi connectivity index (χ1v) is 6.63. The van der Waals surface area contributed by atoms with E-state index in [1.807, 2.05) is 18.2 Å². The maximum absolute atomic E-state index is 12.0. The molecule has 1 heterocycles. The van der Waals surface area contributed by atoms with Crippen molar-refractivity contribution in [3.8, 4) is 0 Å². The Bertz CT molecular complexity index is 394. The van der Waals surface area contributed by atoms with Crippen molar-refractivity contribution in [1.29, 1.82) is 0 Å². The Morgan fingerprint density at radius 2 is 2.11 bits per heavy atom. The zero-order valence-corrected chi connectivity index (χ0v) is 11.2. The molecule has 1 fully saturated rings. The second-order valence-corrected chi connectivity index (χ2v) is 5.66. The first kappa shape index (κ1) is 13.1. The summed E-state index contributed by atoms with van der Waals surface area (Å²) in [6.07, 6.45) is 0.956. The molecule has 0 bridgehead atoms. The highest BCUT2D eigenvalue weighted by molar-refractivity contribution is 5.79. The molecule has 1 aromatic rings. The minimum Gasteiger partial charge on any atom is -0.355 e. The summed E-state index contributed by atoms with van der Waals surface area (Å²) < 4.78 is 0. The number of benzene rings is 1. The highest BCUT2D eigenvalue weighted by atomic mass is 16.1. The first-order valence-electron chi connectivity index (χ1n) is 6.63.